The summed E-state index contributed by atoms with van der Waals surface area (Å²) >= 11 is 0. The highest BCUT2D eigenvalue weighted by atomic mass is 31.2. The van der Waals surface area contributed by atoms with E-state index in [1.54, 1.807) is 0 Å². The largest absolute Gasteiger partial charge is 0.263 e. The summed E-state index contributed by atoms with van der Waals surface area (Å²) in [5.74, 6) is 1.33. The Labute approximate surface area is 389 Å². The normalized spacial score (nSPS) is 11.6. The lowest BCUT2D eigenvalue weighted by molar-refractivity contribution is 1.09. The fraction of sp³-hybridized carbons (Fsp3) is 0. The number of hydrogen-bond acceptors (Lipinski definition) is 6. The molecule has 0 aliphatic rings. The highest BCUT2D eigenvalue weighted by Gasteiger charge is 2.51. The fourth-order valence-corrected chi connectivity index (χ4v) is 19.4. The van der Waals surface area contributed by atoms with Gasteiger partial charge in [0.05, 0.1) is 0 Å². The smallest absolute Gasteiger partial charge is 0.210 e. The zero-order valence-electron chi connectivity index (χ0n) is 36.2. The van der Waals surface area contributed by atoms with E-state index in [4.69, 9.17) is 15.0 Å². The van der Waals surface area contributed by atoms with Crippen molar-refractivity contribution in [2.75, 3.05) is 15.3 Å². The maximum absolute atomic E-state index is 5.49. The van der Waals surface area contributed by atoms with Gasteiger partial charge in [0.2, 0.25) is 22.2 Å². The van der Waals surface area contributed by atoms with Crippen LogP contribution in [0, 0.1) is 0 Å². The van der Waals surface area contributed by atoms with Crippen molar-refractivity contribution in [1.29, 1.82) is 0 Å². The minimum Gasteiger partial charge on any atom is -0.210 e. The van der Waals surface area contributed by atoms with Crippen LogP contribution in [0.15, 0.2) is 273 Å². The van der Waals surface area contributed by atoms with Crippen LogP contribution in [0.2, 0.25) is 0 Å². The Bertz CT molecular complexity index is 2450. The number of aromatic nitrogens is 3. The van der Waals surface area contributed by atoms with Crippen molar-refractivity contribution in [3.8, 4) is 0 Å². The number of nitrogens with zero attached hydrogens (tertiary/aromatic N) is 3. The quantitative estimate of drug-likeness (QED) is 0.0891. The average molecular weight is 910 g/mol. The highest BCUT2D eigenvalue weighted by Crippen LogP contribution is 2.58. The van der Waals surface area contributed by atoms with Crippen molar-refractivity contribution in [2.24, 2.45) is 0 Å². The molecule has 10 rings (SSSR count). The second-order valence-electron chi connectivity index (χ2n) is 15.7. The predicted octanol–water partition coefficient (Wildman–Crippen LogP) is 9.83. The Kier molecular flexibility index (Phi) is 12.5. The van der Waals surface area contributed by atoms with Crippen LogP contribution in [0.5, 0.6) is 0 Å². The van der Waals surface area contributed by atoms with Crippen LogP contribution in [0.1, 0.15) is 0 Å². The van der Waals surface area contributed by atoms with Crippen molar-refractivity contribution in [2.45, 2.75) is 0 Å². The topological polar surface area (TPSA) is 74.8 Å². The summed E-state index contributed by atoms with van der Waals surface area (Å²) in [6.07, 6.45) is 0. The van der Waals surface area contributed by atoms with Crippen LogP contribution in [0.3, 0.4) is 0 Å². The summed E-state index contributed by atoms with van der Waals surface area (Å²) in [4.78, 5) is 16.5. The zero-order chi connectivity index (χ0) is 44.5. The molecule has 9 aromatic carbocycles. The first kappa shape index (κ1) is 42.6. The lowest BCUT2D eigenvalue weighted by atomic mass is 10.4. The molecule has 0 radical (unpaired) electrons. The molecule has 318 valence electrons. The molecule has 3 N–H and O–H groups in total. The molecule has 0 bridgehead atoms. The standard InChI is InChI=1S/C57H48N6P3/c1-10-28-46(29-11-1)64(47-30-12-2-13-31-47,48-32-14-3-15-33-48)61-55-58-56(62-65(49-34-16-4-17-35-49,50-36-18-5-19-37-50)51-38-20-6-21-39-51)60-57(59-55)63-66(52-40-22-7-23-41-52,53-42-24-8-25-43-53)54-44-26-9-27-45-54/h1-45H,(H3,58,59,60,61,62,63)/q+3. The van der Waals surface area contributed by atoms with Crippen molar-refractivity contribution in [1.82, 2.24) is 15.0 Å². The first-order valence-corrected chi connectivity index (χ1v) is 27.3. The van der Waals surface area contributed by atoms with E-state index >= 15 is 0 Å². The third kappa shape index (κ3) is 8.28. The minimum absolute atomic E-state index is 0.444. The SMILES string of the molecule is c1ccc([P+](Nc2nc(N[P+](c3ccccc3)(c3ccccc3)c3ccccc3)nc(N[P+](c3ccccc3)(c3ccccc3)c3ccccc3)n2)(c2ccccc2)c2ccccc2)cc1. The lowest BCUT2D eigenvalue weighted by Gasteiger charge is -2.30. The van der Waals surface area contributed by atoms with Crippen LogP contribution in [0.4, 0.5) is 17.8 Å². The molecule has 1 heterocycles. The molecule has 0 fully saturated rings. The first-order valence-electron chi connectivity index (χ1n) is 22.0. The van der Waals surface area contributed by atoms with Crippen LogP contribution < -0.4 is 63.0 Å². The van der Waals surface area contributed by atoms with E-state index < -0.39 is 22.2 Å². The number of anilines is 3. The van der Waals surface area contributed by atoms with E-state index in [2.05, 4.69) is 288 Å². The molecule has 0 unspecified atom stereocenters. The molecule has 0 spiro atoms. The molecule has 6 nitrogen and oxygen atoms in total. The summed E-state index contributed by atoms with van der Waals surface area (Å²) in [6.45, 7) is 0. The summed E-state index contributed by atoms with van der Waals surface area (Å²) in [5.41, 5.74) is 0. The Balaban J connectivity index is 1.26. The van der Waals surface area contributed by atoms with E-state index in [-0.39, 0.29) is 0 Å². The Hall–Kier alpha value is -7.32. The summed E-state index contributed by atoms with van der Waals surface area (Å²) in [6, 6.07) is 96.6. The molecule has 9 heteroatoms. The molecule has 0 saturated heterocycles. The van der Waals surface area contributed by atoms with Crippen LogP contribution >= 0.6 is 22.2 Å². The van der Waals surface area contributed by atoms with Gasteiger partial charge in [-0.3, -0.25) is 0 Å². The lowest BCUT2D eigenvalue weighted by Crippen LogP contribution is -2.38. The monoisotopic (exact) mass is 909 g/mol. The van der Waals surface area contributed by atoms with E-state index in [0.717, 1.165) is 47.7 Å². The maximum Gasteiger partial charge on any atom is 0.263 e. The second-order valence-corrected chi connectivity index (χ2v) is 25.0. The zero-order valence-corrected chi connectivity index (χ0v) is 38.8. The maximum atomic E-state index is 5.49. The van der Waals surface area contributed by atoms with E-state index in [1.807, 2.05) is 0 Å². The van der Waals surface area contributed by atoms with Gasteiger partial charge in [-0.25, -0.2) is 15.3 Å². The predicted molar refractivity (Wildman–Crippen MR) is 286 cm³/mol. The molecule has 0 saturated carbocycles. The fourth-order valence-electron chi connectivity index (χ4n) is 8.76. The average Bonchev–Trinajstić information content (AvgIpc) is 3.41. The van der Waals surface area contributed by atoms with Gasteiger partial charge < -0.3 is 0 Å². The van der Waals surface area contributed by atoms with E-state index in [1.165, 1.54) is 0 Å². The number of rotatable bonds is 15. The third-order valence-corrected chi connectivity index (χ3v) is 23.0. The number of benzene rings is 9. The Morgan fingerprint density at radius 2 is 0.303 bits per heavy atom. The van der Waals surface area contributed by atoms with Gasteiger partial charge in [0.25, 0.3) is 17.8 Å². The van der Waals surface area contributed by atoms with Gasteiger partial charge in [-0.1, -0.05) is 164 Å². The minimum atomic E-state index is -2.71. The van der Waals surface area contributed by atoms with Gasteiger partial charge in [-0.2, -0.15) is 15.0 Å². The number of nitrogens with one attached hydrogen (secondary N) is 3. The van der Waals surface area contributed by atoms with Crippen LogP contribution in [0.25, 0.3) is 0 Å². The van der Waals surface area contributed by atoms with E-state index in [9.17, 15) is 0 Å². The molecule has 1 aromatic heterocycles. The van der Waals surface area contributed by atoms with Crippen molar-refractivity contribution in [3.05, 3.63) is 273 Å². The van der Waals surface area contributed by atoms with Gasteiger partial charge >= 0.3 is 0 Å². The molecule has 0 atom stereocenters. The number of hydrogen-bond donors (Lipinski definition) is 3. The van der Waals surface area contributed by atoms with Crippen molar-refractivity contribution >= 4 is 87.8 Å². The van der Waals surface area contributed by atoms with E-state index in [0.29, 0.717) is 17.8 Å². The van der Waals surface area contributed by atoms with Gasteiger partial charge in [-0.15, -0.1) is 0 Å². The Morgan fingerprint density at radius 3 is 0.424 bits per heavy atom. The summed E-state index contributed by atoms with van der Waals surface area (Å²) in [7, 11) is -8.12. The molecule has 0 aliphatic carbocycles. The van der Waals surface area contributed by atoms with Gasteiger partial charge in [0.15, 0.2) is 0 Å². The van der Waals surface area contributed by atoms with Crippen molar-refractivity contribution in [3.63, 3.8) is 0 Å². The Morgan fingerprint density at radius 1 is 0.182 bits per heavy atom. The van der Waals surface area contributed by atoms with Crippen molar-refractivity contribution < 1.29 is 0 Å². The van der Waals surface area contributed by atoms with Crippen LogP contribution in [-0.4, -0.2) is 15.0 Å². The molecule has 10 aromatic rings. The third-order valence-electron chi connectivity index (χ3n) is 11.7. The first-order chi connectivity index (χ1) is 32.7. The van der Waals surface area contributed by atoms with Gasteiger partial charge in [0, 0.05) is 0 Å². The molecule has 0 aliphatic heterocycles. The van der Waals surface area contributed by atoms with Crippen LogP contribution in [-0.2, 0) is 0 Å². The summed E-state index contributed by atoms with van der Waals surface area (Å²) < 4.78 is 0. The second kappa shape index (κ2) is 19.4. The van der Waals surface area contributed by atoms with Gasteiger partial charge in [-0.05, 0) is 109 Å². The molecular formula is C57H48N6P3+3. The highest BCUT2D eigenvalue weighted by molar-refractivity contribution is 7.97. The molecule has 0 amide bonds. The molecule has 66 heavy (non-hydrogen) atoms. The van der Waals surface area contributed by atoms with Gasteiger partial charge in [0.1, 0.15) is 47.7 Å². The summed E-state index contributed by atoms with van der Waals surface area (Å²) in [5, 5.41) is 22.7. The molecular weight excluding hydrogens is 862 g/mol.